The summed E-state index contributed by atoms with van der Waals surface area (Å²) in [5, 5.41) is 4.80. The Balaban J connectivity index is 1.39. The van der Waals surface area contributed by atoms with Gasteiger partial charge in [0.05, 0.1) is 12.0 Å². The predicted octanol–water partition coefficient (Wildman–Crippen LogP) is 4.36. The molecule has 0 fully saturated rings. The molecule has 144 valence electrons. The highest BCUT2D eigenvalue weighted by molar-refractivity contribution is 7.12. The molecule has 1 aromatic heterocycles. The van der Waals surface area contributed by atoms with E-state index in [9.17, 15) is 4.79 Å². The number of methoxy groups -OCH3 is 1. The molecule has 0 aliphatic carbocycles. The van der Waals surface area contributed by atoms with Gasteiger partial charge < -0.3 is 24.3 Å². The molecular weight excluding hydrogens is 378 g/mol. The SMILES string of the molecule is COc1ccccc1OCc1csc(C(=O)Nc2ccc3c(c2)OCCO3)c1. The Morgan fingerprint density at radius 3 is 2.68 bits per heavy atom. The summed E-state index contributed by atoms with van der Waals surface area (Å²) < 4.78 is 22.1. The van der Waals surface area contributed by atoms with Crippen LogP contribution in [0.15, 0.2) is 53.9 Å². The van der Waals surface area contributed by atoms with Crippen LogP contribution in [0.4, 0.5) is 5.69 Å². The molecule has 1 aliphatic rings. The molecule has 1 N–H and O–H groups in total. The van der Waals surface area contributed by atoms with Crippen LogP contribution in [0.1, 0.15) is 15.2 Å². The van der Waals surface area contributed by atoms with Crippen LogP contribution in [-0.4, -0.2) is 26.2 Å². The fraction of sp³-hybridized carbons (Fsp3) is 0.190. The molecule has 6 nitrogen and oxygen atoms in total. The number of ether oxygens (including phenoxy) is 4. The lowest BCUT2D eigenvalue weighted by atomic mass is 10.2. The van der Waals surface area contributed by atoms with E-state index in [0.29, 0.717) is 53.4 Å². The first kappa shape index (κ1) is 18.2. The van der Waals surface area contributed by atoms with Crippen LogP contribution in [0.5, 0.6) is 23.0 Å². The van der Waals surface area contributed by atoms with E-state index in [-0.39, 0.29) is 5.91 Å². The number of carbonyl (C=O) groups excluding carboxylic acids is 1. The minimum atomic E-state index is -0.176. The van der Waals surface area contributed by atoms with Crippen LogP contribution in [0.25, 0.3) is 0 Å². The maximum absolute atomic E-state index is 12.5. The van der Waals surface area contributed by atoms with E-state index in [0.717, 1.165) is 5.56 Å². The van der Waals surface area contributed by atoms with Gasteiger partial charge in [-0.25, -0.2) is 0 Å². The zero-order chi connectivity index (χ0) is 19.3. The standard InChI is InChI=1S/C21H19NO5S/c1-24-16-4-2-3-5-17(16)27-12-14-10-20(28-13-14)21(23)22-15-6-7-18-19(11-15)26-9-8-25-18/h2-7,10-11,13H,8-9,12H2,1H3,(H,22,23). The summed E-state index contributed by atoms with van der Waals surface area (Å²) in [6, 6.07) is 14.7. The molecule has 3 aromatic rings. The van der Waals surface area contributed by atoms with E-state index >= 15 is 0 Å². The van der Waals surface area contributed by atoms with Crippen molar-refractivity contribution in [2.75, 3.05) is 25.6 Å². The summed E-state index contributed by atoms with van der Waals surface area (Å²) in [6.45, 7) is 1.40. The fourth-order valence-electron chi connectivity index (χ4n) is 2.78. The lowest BCUT2D eigenvalue weighted by Gasteiger charge is -2.18. The second-order valence-electron chi connectivity index (χ2n) is 6.07. The molecule has 0 bridgehead atoms. The van der Waals surface area contributed by atoms with E-state index in [1.807, 2.05) is 35.7 Å². The summed E-state index contributed by atoms with van der Waals surface area (Å²) in [7, 11) is 1.60. The largest absolute Gasteiger partial charge is 0.493 e. The van der Waals surface area contributed by atoms with Crippen molar-refractivity contribution in [3.63, 3.8) is 0 Å². The summed E-state index contributed by atoms with van der Waals surface area (Å²) in [5.41, 5.74) is 1.58. The monoisotopic (exact) mass is 397 g/mol. The highest BCUT2D eigenvalue weighted by atomic mass is 32.1. The van der Waals surface area contributed by atoms with E-state index in [2.05, 4.69) is 5.32 Å². The zero-order valence-corrected chi connectivity index (χ0v) is 16.1. The number of thiophene rings is 1. The quantitative estimate of drug-likeness (QED) is 0.670. The minimum absolute atomic E-state index is 0.176. The van der Waals surface area contributed by atoms with Gasteiger partial charge in [0.15, 0.2) is 23.0 Å². The average molecular weight is 397 g/mol. The number of fused-ring (bicyclic) bond motifs is 1. The first-order valence-electron chi connectivity index (χ1n) is 8.77. The average Bonchev–Trinajstić information content (AvgIpc) is 3.21. The van der Waals surface area contributed by atoms with Crippen LogP contribution < -0.4 is 24.3 Å². The van der Waals surface area contributed by atoms with Crippen molar-refractivity contribution in [3.05, 3.63) is 64.4 Å². The zero-order valence-electron chi connectivity index (χ0n) is 15.3. The van der Waals surface area contributed by atoms with Crippen LogP contribution >= 0.6 is 11.3 Å². The van der Waals surface area contributed by atoms with Crippen molar-refractivity contribution in [3.8, 4) is 23.0 Å². The van der Waals surface area contributed by atoms with Gasteiger partial charge in [-0.2, -0.15) is 0 Å². The Labute approximate surface area is 166 Å². The van der Waals surface area contributed by atoms with Gasteiger partial charge in [0.2, 0.25) is 0 Å². The van der Waals surface area contributed by atoms with Crippen molar-refractivity contribution >= 4 is 22.9 Å². The topological polar surface area (TPSA) is 66.0 Å². The van der Waals surface area contributed by atoms with E-state index in [1.54, 1.807) is 25.3 Å². The van der Waals surface area contributed by atoms with Gasteiger partial charge in [-0.3, -0.25) is 4.79 Å². The van der Waals surface area contributed by atoms with Gasteiger partial charge in [0, 0.05) is 17.3 Å². The third kappa shape index (κ3) is 4.04. The first-order chi connectivity index (χ1) is 13.7. The molecule has 28 heavy (non-hydrogen) atoms. The normalized spacial score (nSPS) is 12.3. The Morgan fingerprint density at radius 2 is 1.86 bits per heavy atom. The predicted molar refractivity (Wildman–Crippen MR) is 107 cm³/mol. The van der Waals surface area contributed by atoms with Gasteiger partial charge in [0.25, 0.3) is 5.91 Å². The molecule has 0 unspecified atom stereocenters. The summed E-state index contributed by atoms with van der Waals surface area (Å²) in [5.74, 6) is 2.50. The molecule has 1 amide bonds. The van der Waals surface area contributed by atoms with Crippen molar-refractivity contribution < 1.29 is 23.7 Å². The molecule has 2 aromatic carbocycles. The van der Waals surface area contributed by atoms with Crippen molar-refractivity contribution in [1.82, 2.24) is 0 Å². The first-order valence-corrected chi connectivity index (χ1v) is 9.65. The second-order valence-corrected chi connectivity index (χ2v) is 6.98. The molecule has 0 saturated carbocycles. The highest BCUT2D eigenvalue weighted by Crippen LogP contribution is 2.33. The summed E-state index contributed by atoms with van der Waals surface area (Å²) in [4.78, 5) is 13.1. The number of hydrogen-bond donors (Lipinski definition) is 1. The van der Waals surface area contributed by atoms with Gasteiger partial charge in [0.1, 0.15) is 19.8 Å². The van der Waals surface area contributed by atoms with Crippen molar-refractivity contribution in [1.29, 1.82) is 0 Å². The number of amides is 1. The van der Waals surface area contributed by atoms with Gasteiger partial charge >= 0.3 is 0 Å². The highest BCUT2D eigenvalue weighted by Gasteiger charge is 2.15. The maximum Gasteiger partial charge on any atom is 0.265 e. The van der Waals surface area contributed by atoms with Gasteiger partial charge in [-0.15, -0.1) is 11.3 Å². The number of nitrogens with one attached hydrogen (secondary N) is 1. The molecule has 4 rings (SSSR count). The molecule has 2 heterocycles. The van der Waals surface area contributed by atoms with Crippen LogP contribution in [0.3, 0.4) is 0 Å². The molecular formula is C21H19NO5S. The number of hydrogen-bond acceptors (Lipinski definition) is 6. The van der Waals surface area contributed by atoms with Crippen LogP contribution in [0, 0.1) is 0 Å². The molecule has 0 atom stereocenters. The Bertz CT molecular complexity index is 984. The molecule has 1 aliphatic heterocycles. The van der Waals surface area contributed by atoms with E-state index in [1.165, 1.54) is 11.3 Å². The molecule has 7 heteroatoms. The Hall–Kier alpha value is -3.19. The number of rotatable bonds is 6. The fourth-order valence-corrected chi connectivity index (χ4v) is 3.58. The lowest BCUT2D eigenvalue weighted by Crippen LogP contribution is -2.16. The van der Waals surface area contributed by atoms with Gasteiger partial charge in [-0.1, -0.05) is 12.1 Å². The minimum Gasteiger partial charge on any atom is -0.493 e. The van der Waals surface area contributed by atoms with E-state index < -0.39 is 0 Å². The molecule has 0 spiro atoms. The summed E-state index contributed by atoms with van der Waals surface area (Å²) in [6.07, 6.45) is 0. The van der Waals surface area contributed by atoms with E-state index in [4.69, 9.17) is 18.9 Å². The third-order valence-corrected chi connectivity index (χ3v) is 5.12. The Kier molecular flexibility index (Phi) is 5.34. The second kappa shape index (κ2) is 8.22. The van der Waals surface area contributed by atoms with Gasteiger partial charge in [-0.05, 0) is 35.7 Å². The van der Waals surface area contributed by atoms with Crippen molar-refractivity contribution in [2.45, 2.75) is 6.61 Å². The third-order valence-electron chi connectivity index (χ3n) is 4.14. The number of anilines is 1. The number of para-hydroxylation sites is 2. The van der Waals surface area contributed by atoms with Crippen molar-refractivity contribution in [2.24, 2.45) is 0 Å². The lowest BCUT2D eigenvalue weighted by molar-refractivity contribution is 0.103. The number of carbonyl (C=O) groups is 1. The van der Waals surface area contributed by atoms with Crippen LogP contribution in [0.2, 0.25) is 0 Å². The maximum atomic E-state index is 12.5. The number of benzene rings is 2. The molecule has 0 saturated heterocycles. The summed E-state index contributed by atoms with van der Waals surface area (Å²) >= 11 is 1.37. The smallest absolute Gasteiger partial charge is 0.265 e. The van der Waals surface area contributed by atoms with Crippen LogP contribution in [-0.2, 0) is 6.61 Å². The Morgan fingerprint density at radius 1 is 1.07 bits per heavy atom. The molecule has 0 radical (unpaired) electrons.